The Morgan fingerprint density at radius 1 is 1.12 bits per heavy atom. The highest BCUT2D eigenvalue weighted by Crippen LogP contribution is 2.15. The van der Waals surface area contributed by atoms with E-state index in [4.69, 9.17) is 0 Å². The minimum Gasteiger partial charge on any atom is -0.318 e. The lowest BCUT2D eigenvalue weighted by Gasteiger charge is -2.03. The number of hydrogen-bond donors (Lipinski definition) is 1. The van der Waals surface area contributed by atoms with E-state index in [-0.39, 0.29) is 10.7 Å². The van der Waals surface area contributed by atoms with Crippen molar-refractivity contribution in [1.29, 1.82) is 0 Å². The second kappa shape index (κ2) is 6.21. The SMILES string of the molecule is CC(=O)c1ccc(S(=O)(=O)NN=c2sc3ccccc3n2C)cc1. The van der Waals surface area contributed by atoms with Gasteiger partial charge in [0.1, 0.15) is 0 Å². The third kappa shape index (κ3) is 3.10. The summed E-state index contributed by atoms with van der Waals surface area (Å²) in [5, 5.41) is 4.03. The first-order valence-electron chi connectivity index (χ1n) is 7.09. The van der Waals surface area contributed by atoms with E-state index in [2.05, 4.69) is 9.93 Å². The van der Waals surface area contributed by atoms with E-state index < -0.39 is 10.0 Å². The van der Waals surface area contributed by atoms with Crippen molar-refractivity contribution in [2.24, 2.45) is 12.1 Å². The number of hydrogen-bond acceptors (Lipinski definition) is 5. The van der Waals surface area contributed by atoms with Gasteiger partial charge in [0, 0.05) is 12.6 Å². The van der Waals surface area contributed by atoms with E-state index >= 15 is 0 Å². The molecule has 3 rings (SSSR count). The number of aryl methyl sites for hydroxylation is 1. The normalized spacial score (nSPS) is 12.5. The highest BCUT2D eigenvalue weighted by atomic mass is 32.2. The van der Waals surface area contributed by atoms with Crippen molar-refractivity contribution in [3.63, 3.8) is 0 Å². The Balaban J connectivity index is 1.94. The van der Waals surface area contributed by atoms with Gasteiger partial charge in [-0.05, 0) is 31.2 Å². The van der Waals surface area contributed by atoms with Crippen LogP contribution in [0.15, 0.2) is 58.5 Å². The van der Waals surface area contributed by atoms with Gasteiger partial charge in [0.15, 0.2) is 5.78 Å². The van der Waals surface area contributed by atoms with Crippen molar-refractivity contribution in [3.05, 3.63) is 58.9 Å². The van der Waals surface area contributed by atoms with Crippen molar-refractivity contribution >= 4 is 37.4 Å². The van der Waals surface area contributed by atoms with Crippen molar-refractivity contribution in [1.82, 2.24) is 9.40 Å². The Morgan fingerprint density at radius 3 is 2.42 bits per heavy atom. The van der Waals surface area contributed by atoms with Crippen LogP contribution in [0, 0.1) is 0 Å². The molecule has 0 spiro atoms. The van der Waals surface area contributed by atoms with Crippen LogP contribution in [0.1, 0.15) is 17.3 Å². The Labute approximate surface area is 143 Å². The fourth-order valence-corrected chi connectivity index (χ4v) is 4.05. The molecule has 0 aliphatic rings. The van der Waals surface area contributed by atoms with Crippen LogP contribution >= 0.6 is 11.3 Å². The van der Waals surface area contributed by atoms with Gasteiger partial charge in [-0.25, -0.2) is 0 Å². The average molecular weight is 361 g/mol. The van der Waals surface area contributed by atoms with Crippen molar-refractivity contribution in [2.45, 2.75) is 11.8 Å². The summed E-state index contributed by atoms with van der Waals surface area (Å²) in [5.74, 6) is -0.117. The number of sulfonamides is 1. The van der Waals surface area contributed by atoms with Gasteiger partial charge >= 0.3 is 0 Å². The molecule has 0 aliphatic heterocycles. The number of para-hydroxylation sites is 1. The molecule has 0 unspecified atom stereocenters. The van der Waals surface area contributed by atoms with Crippen LogP contribution in [0.5, 0.6) is 0 Å². The van der Waals surface area contributed by atoms with Gasteiger partial charge in [-0.2, -0.15) is 13.2 Å². The molecule has 24 heavy (non-hydrogen) atoms. The molecule has 2 aromatic carbocycles. The molecule has 124 valence electrons. The van der Waals surface area contributed by atoms with E-state index in [1.807, 2.05) is 35.9 Å². The highest BCUT2D eigenvalue weighted by molar-refractivity contribution is 7.89. The lowest BCUT2D eigenvalue weighted by molar-refractivity contribution is 0.101. The van der Waals surface area contributed by atoms with Crippen LogP contribution in [0.2, 0.25) is 0 Å². The van der Waals surface area contributed by atoms with Gasteiger partial charge < -0.3 is 4.57 Å². The molecular formula is C16H15N3O3S2. The topological polar surface area (TPSA) is 80.5 Å². The van der Waals surface area contributed by atoms with Gasteiger partial charge in [-0.15, -0.1) is 5.10 Å². The smallest absolute Gasteiger partial charge is 0.276 e. The minimum atomic E-state index is -3.79. The first-order valence-corrected chi connectivity index (χ1v) is 9.39. The van der Waals surface area contributed by atoms with Crippen LogP contribution in [0.3, 0.4) is 0 Å². The summed E-state index contributed by atoms with van der Waals surface area (Å²) < 4.78 is 27.5. The number of ketones is 1. The molecule has 1 N–H and O–H groups in total. The molecule has 0 saturated carbocycles. The van der Waals surface area contributed by atoms with Crippen LogP contribution < -0.4 is 9.63 Å². The molecule has 0 bridgehead atoms. The van der Waals surface area contributed by atoms with Crippen LogP contribution in [0.25, 0.3) is 10.2 Å². The summed E-state index contributed by atoms with van der Waals surface area (Å²) in [6.07, 6.45) is 0. The maximum Gasteiger partial charge on any atom is 0.276 e. The van der Waals surface area contributed by atoms with Crippen LogP contribution in [-0.4, -0.2) is 18.8 Å². The van der Waals surface area contributed by atoms with E-state index in [1.54, 1.807) is 0 Å². The Hall–Kier alpha value is -2.45. The molecule has 0 saturated heterocycles. The molecule has 0 atom stereocenters. The van der Waals surface area contributed by atoms with E-state index in [0.717, 1.165) is 10.2 Å². The van der Waals surface area contributed by atoms with Gasteiger partial charge in [-0.1, -0.05) is 35.6 Å². The molecule has 3 aromatic rings. The standard InChI is InChI=1S/C16H15N3O3S2/c1-11(20)12-7-9-13(10-8-12)24(21,22)18-17-16-19(2)14-5-3-4-6-15(14)23-16/h3-10,18H,1-2H3. The van der Waals surface area contributed by atoms with Gasteiger partial charge in [-0.3, -0.25) is 4.79 Å². The second-order valence-electron chi connectivity index (χ2n) is 5.20. The molecule has 1 aromatic heterocycles. The monoisotopic (exact) mass is 361 g/mol. The Bertz CT molecular complexity index is 1080. The highest BCUT2D eigenvalue weighted by Gasteiger charge is 2.13. The maximum atomic E-state index is 12.3. The van der Waals surface area contributed by atoms with Gasteiger partial charge in [0.25, 0.3) is 10.0 Å². The number of nitrogens with one attached hydrogen (secondary N) is 1. The lowest BCUT2D eigenvalue weighted by Crippen LogP contribution is -2.23. The zero-order chi connectivity index (χ0) is 17.3. The summed E-state index contributed by atoms with van der Waals surface area (Å²) in [4.78, 5) is 14.1. The second-order valence-corrected chi connectivity index (χ2v) is 7.87. The first-order chi connectivity index (χ1) is 11.4. The largest absolute Gasteiger partial charge is 0.318 e. The quantitative estimate of drug-likeness (QED) is 0.572. The summed E-state index contributed by atoms with van der Waals surface area (Å²) in [7, 11) is -1.96. The Kier molecular flexibility index (Phi) is 4.25. The number of nitrogens with zero attached hydrogens (tertiary/aromatic N) is 2. The number of fused-ring (bicyclic) bond motifs is 1. The fraction of sp³-hybridized carbons (Fsp3) is 0.125. The molecule has 0 aliphatic carbocycles. The molecule has 1 heterocycles. The molecule has 0 radical (unpaired) electrons. The third-order valence-corrected chi connectivity index (χ3v) is 5.88. The lowest BCUT2D eigenvalue weighted by atomic mass is 10.2. The fourth-order valence-electron chi connectivity index (χ4n) is 2.21. The van der Waals surface area contributed by atoms with E-state index in [0.29, 0.717) is 10.4 Å². The number of carbonyl (C=O) groups excluding carboxylic acids is 1. The number of benzene rings is 2. The summed E-state index contributed by atoms with van der Waals surface area (Å²) in [6, 6.07) is 13.5. The number of thiazole rings is 1. The third-order valence-electron chi connectivity index (χ3n) is 3.55. The predicted octanol–water partition coefficient (Wildman–Crippen LogP) is 2.24. The number of carbonyl (C=O) groups is 1. The molecule has 8 heteroatoms. The van der Waals surface area contributed by atoms with Crippen molar-refractivity contribution < 1.29 is 13.2 Å². The summed E-state index contributed by atoms with van der Waals surface area (Å²) in [5.41, 5.74) is 1.44. The maximum absolute atomic E-state index is 12.3. The van der Waals surface area contributed by atoms with Crippen molar-refractivity contribution in [3.8, 4) is 0 Å². The van der Waals surface area contributed by atoms with Crippen LogP contribution in [0.4, 0.5) is 0 Å². The van der Waals surface area contributed by atoms with Crippen molar-refractivity contribution in [2.75, 3.05) is 0 Å². The first kappa shape index (κ1) is 16.4. The summed E-state index contributed by atoms with van der Waals surface area (Å²) >= 11 is 1.39. The predicted molar refractivity (Wildman–Crippen MR) is 93.1 cm³/mol. The van der Waals surface area contributed by atoms with Crippen LogP contribution in [-0.2, 0) is 17.1 Å². The molecule has 6 nitrogen and oxygen atoms in total. The zero-order valence-corrected chi connectivity index (χ0v) is 14.7. The molecule has 0 amide bonds. The number of Topliss-reactive ketones (excluding diaryl/α,β-unsaturated/α-hetero) is 1. The number of rotatable bonds is 4. The molecule has 0 fully saturated rings. The average Bonchev–Trinajstić information content (AvgIpc) is 2.90. The zero-order valence-electron chi connectivity index (χ0n) is 13.1. The Morgan fingerprint density at radius 2 is 1.79 bits per heavy atom. The van der Waals surface area contributed by atoms with Gasteiger partial charge in [0.05, 0.1) is 15.1 Å². The number of aromatic nitrogens is 1. The van der Waals surface area contributed by atoms with E-state index in [1.165, 1.54) is 42.5 Å². The summed E-state index contributed by atoms with van der Waals surface area (Å²) in [6.45, 7) is 1.43. The minimum absolute atomic E-state index is 0.0556. The van der Waals surface area contributed by atoms with E-state index in [9.17, 15) is 13.2 Å². The van der Waals surface area contributed by atoms with Gasteiger partial charge in [0.2, 0.25) is 4.80 Å². The molecular weight excluding hydrogens is 346 g/mol.